The molecule has 0 bridgehead atoms. The second-order valence-corrected chi connectivity index (χ2v) is 7.68. The Morgan fingerprint density at radius 2 is 1.64 bits per heavy atom. The van der Waals surface area contributed by atoms with E-state index in [2.05, 4.69) is 15.0 Å². The minimum Gasteiger partial charge on any atom is -0.309 e. The van der Waals surface area contributed by atoms with E-state index in [0.29, 0.717) is 0 Å². The molecule has 3 aromatic rings. The summed E-state index contributed by atoms with van der Waals surface area (Å²) in [7, 11) is -4.25. The molecule has 28 heavy (non-hydrogen) atoms. The lowest BCUT2D eigenvalue weighted by Crippen LogP contribution is -2.45. The average molecular weight is 399 g/mol. The minimum atomic E-state index is -4.25. The van der Waals surface area contributed by atoms with Crippen LogP contribution in [0.25, 0.3) is 0 Å². The highest BCUT2D eigenvalue weighted by Crippen LogP contribution is 2.15. The number of aromatic nitrogens is 1. The maximum atomic E-state index is 14.0. The van der Waals surface area contributed by atoms with Crippen molar-refractivity contribution in [1.82, 2.24) is 9.71 Å². The number of carbonyl (C=O) groups excluding carboxylic acids is 1. The average Bonchev–Trinajstić information content (AvgIpc) is 2.69. The van der Waals surface area contributed by atoms with Crippen molar-refractivity contribution < 1.29 is 17.6 Å². The molecule has 8 heteroatoms. The molecule has 1 amide bonds. The molecule has 0 aliphatic rings. The van der Waals surface area contributed by atoms with Gasteiger partial charge >= 0.3 is 0 Å². The standard InChI is InChI=1S/C20H18FN3O3S/c21-16-10-4-5-11-18(16)28(26,27)24-17(14-15-8-2-1-3-9-15)20(25)23-19-12-6-7-13-22-19/h1-13,17,24H,14H2,(H,22,23,25). The van der Waals surface area contributed by atoms with E-state index in [-0.39, 0.29) is 12.2 Å². The SMILES string of the molecule is O=C(Nc1ccccn1)C(Cc1ccccc1)NS(=O)(=O)c1ccccc1F. The fourth-order valence-corrected chi connectivity index (χ4v) is 3.88. The number of hydrogen-bond donors (Lipinski definition) is 2. The van der Waals surface area contributed by atoms with Gasteiger partial charge in [0.1, 0.15) is 22.6 Å². The van der Waals surface area contributed by atoms with Gasteiger partial charge in [0.05, 0.1) is 0 Å². The number of pyridine rings is 1. The van der Waals surface area contributed by atoms with Crippen LogP contribution in [-0.4, -0.2) is 25.4 Å². The van der Waals surface area contributed by atoms with Gasteiger partial charge in [-0.3, -0.25) is 4.79 Å². The monoisotopic (exact) mass is 399 g/mol. The first-order valence-corrected chi connectivity index (χ1v) is 9.97. The lowest BCUT2D eigenvalue weighted by atomic mass is 10.1. The summed E-state index contributed by atoms with van der Waals surface area (Å²) < 4.78 is 41.6. The van der Waals surface area contributed by atoms with Crippen LogP contribution in [0.3, 0.4) is 0 Å². The third-order valence-corrected chi connectivity index (χ3v) is 5.44. The zero-order chi connectivity index (χ0) is 20.0. The van der Waals surface area contributed by atoms with Crippen LogP contribution in [-0.2, 0) is 21.2 Å². The van der Waals surface area contributed by atoms with Crippen LogP contribution < -0.4 is 10.0 Å². The van der Waals surface area contributed by atoms with Gasteiger partial charge in [-0.25, -0.2) is 17.8 Å². The van der Waals surface area contributed by atoms with Gasteiger partial charge in [-0.05, 0) is 36.2 Å². The zero-order valence-corrected chi connectivity index (χ0v) is 15.6. The van der Waals surface area contributed by atoms with Crippen molar-refractivity contribution in [3.05, 3.63) is 90.4 Å². The predicted molar refractivity (Wildman–Crippen MR) is 104 cm³/mol. The molecule has 2 N–H and O–H groups in total. The Balaban J connectivity index is 1.87. The van der Waals surface area contributed by atoms with E-state index in [1.807, 2.05) is 6.07 Å². The van der Waals surface area contributed by atoms with Gasteiger partial charge in [0.15, 0.2) is 0 Å². The molecule has 1 unspecified atom stereocenters. The fraction of sp³-hybridized carbons (Fsp3) is 0.100. The number of sulfonamides is 1. The van der Waals surface area contributed by atoms with Crippen LogP contribution in [0.2, 0.25) is 0 Å². The molecule has 0 aliphatic carbocycles. The topological polar surface area (TPSA) is 88.2 Å². The van der Waals surface area contributed by atoms with Gasteiger partial charge in [-0.1, -0.05) is 48.5 Å². The van der Waals surface area contributed by atoms with E-state index in [4.69, 9.17) is 0 Å². The summed E-state index contributed by atoms with van der Waals surface area (Å²) in [5.41, 5.74) is 0.750. The summed E-state index contributed by atoms with van der Waals surface area (Å²) in [5.74, 6) is -1.20. The van der Waals surface area contributed by atoms with Gasteiger partial charge in [-0.15, -0.1) is 0 Å². The summed E-state index contributed by atoms with van der Waals surface area (Å²) >= 11 is 0. The Hall–Kier alpha value is -3.10. The van der Waals surface area contributed by atoms with Gasteiger partial charge < -0.3 is 5.32 Å². The largest absolute Gasteiger partial charge is 0.309 e. The second kappa shape index (κ2) is 8.73. The molecule has 2 aromatic carbocycles. The van der Waals surface area contributed by atoms with E-state index in [1.165, 1.54) is 18.3 Å². The smallest absolute Gasteiger partial charge is 0.244 e. The number of rotatable bonds is 7. The Morgan fingerprint density at radius 3 is 2.32 bits per heavy atom. The van der Waals surface area contributed by atoms with Gasteiger partial charge in [0.2, 0.25) is 15.9 Å². The highest BCUT2D eigenvalue weighted by atomic mass is 32.2. The van der Waals surface area contributed by atoms with E-state index in [0.717, 1.165) is 17.7 Å². The zero-order valence-electron chi connectivity index (χ0n) is 14.7. The third kappa shape index (κ3) is 4.99. The van der Waals surface area contributed by atoms with Crippen LogP contribution in [0.5, 0.6) is 0 Å². The van der Waals surface area contributed by atoms with Crippen LogP contribution in [0.4, 0.5) is 10.2 Å². The maximum absolute atomic E-state index is 14.0. The third-order valence-electron chi connectivity index (χ3n) is 3.94. The lowest BCUT2D eigenvalue weighted by molar-refractivity contribution is -0.117. The summed E-state index contributed by atoms with van der Waals surface area (Å²) in [6.07, 6.45) is 1.60. The van der Waals surface area contributed by atoms with Crippen molar-refractivity contribution in [2.24, 2.45) is 0 Å². The Labute approximate surface area is 162 Å². The molecule has 0 spiro atoms. The summed E-state index contributed by atoms with van der Waals surface area (Å²) in [6.45, 7) is 0. The number of nitrogens with one attached hydrogen (secondary N) is 2. The fourth-order valence-electron chi connectivity index (χ4n) is 2.60. The summed E-state index contributed by atoms with van der Waals surface area (Å²) in [4.78, 5) is 16.2. The predicted octanol–water partition coefficient (Wildman–Crippen LogP) is 2.75. The highest BCUT2D eigenvalue weighted by Gasteiger charge is 2.28. The Bertz CT molecular complexity index is 1040. The van der Waals surface area contributed by atoms with E-state index in [1.54, 1.807) is 42.5 Å². The van der Waals surface area contributed by atoms with Crippen molar-refractivity contribution in [3.8, 4) is 0 Å². The number of hydrogen-bond acceptors (Lipinski definition) is 4. The van der Waals surface area contributed by atoms with Crippen molar-refractivity contribution in [2.75, 3.05) is 5.32 Å². The molecule has 6 nitrogen and oxygen atoms in total. The highest BCUT2D eigenvalue weighted by molar-refractivity contribution is 7.89. The number of nitrogens with zero attached hydrogens (tertiary/aromatic N) is 1. The summed E-state index contributed by atoms with van der Waals surface area (Å²) in [6, 6.07) is 17.8. The van der Waals surface area contributed by atoms with Crippen molar-refractivity contribution >= 4 is 21.7 Å². The molecule has 1 aromatic heterocycles. The van der Waals surface area contributed by atoms with Crippen LogP contribution in [0.1, 0.15) is 5.56 Å². The van der Waals surface area contributed by atoms with Crippen molar-refractivity contribution in [3.63, 3.8) is 0 Å². The molecule has 1 atom stereocenters. The van der Waals surface area contributed by atoms with Gasteiger partial charge in [0, 0.05) is 6.20 Å². The van der Waals surface area contributed by atoms with Gasteiger partial charge in [0.25, 0.3) is 0 Å². The molecule has 144 valence electrons. The van der Waals surface area contributed by atoms with E-state index in [9.17, 15) is 17.6 Å². The number of halogens is 1. The quantitative estimate of drug-likeness (QED) is 0.639. The normalized spacial score (nSPS) is 12.3. The number of carbonyl (C=O) groups is 1. The summed E-state index contributed by atoms with van der Waals surface area (Å²) in [5, 5.41) is 2.58. The first kappa shape index (κ1) is 19.7. The number of anilines is 1. The molecular weight excluding hydrogens is 381 g/mol. The first-order chi connectivity index (χ1) is 13.5. The Kier molecular flexibility index (Phi) is 6.13. The molecule has 0 radical (unpaired) electrons. The molecule has 0 saturated carbocycles. The van der Waals surface area contributed by atoms with Crippen molar-refractivity contribution in [1.29, 1.82) is 0 Å². The maximum Gasteiger partial charge on any atom is 0.244 e. The molecule has 0 aliphatic heterocycles. The van der Waals surface area contributed by atoms with Crippen molar-refractivity contribution in [2.45, 2.75) is 17.4 Å². The minimum absolute atomic E-state index is 0.0905. The lowest BCUT2D eigenvalue weighted by Gasteiger charge is -2.18. The number of amides is 1. The molecule has 3 rings (SSSR count). The number of benzene rings is 2. The molecule has 1 heterocycles. The molecular formula is C20H18FN3O3S. The molecule has 0 saturated heterocycles. The Morgan fingerprint density at radius 1 is 0.964 bits per heavy atom. The second-order valence-electron chi connectivity index (χ2n) is 6.00. The van der Waals surface area contributed by atoms with Crippen LogP contribution >= 0.6 is 0 Å². The van der Waals surface area contributed by atoms with E-state index < -0.39 is 32.7 Å². The van der Waals surface area contributed by atoms with Crippen LogP contribution in [0, 0.1) is 5.82 Å². The molecule has 0 fully saturated rings. The van der Waals surface area contributed by atoms with Crippen LogP contribution in [0.15, 0.2) is 83.9 Å². The van der Waals surface area contributed by atoms with Gasteiger partial charge in [-0.2, -0.15) is 4.72 Å². The first-order valence-electron chi connectivity index (χ1n) is 8.48. The van der Waals surface area contributed by atoms with E-state index >= 15 is 0 Å².